The average molecular weight is 359 g/mol. The minimum absolute atomic E-state index is 0.112. The van der Waals surface area contributed by atoms with Crippen molar-refractivity contribution >= 4 is 17.2 Å². The number of rotatable bonds is 7. The van der Waals surface area contributed by atoms with Crippen LogP contribution in [0.25, 0.3) is 0 Å². The van der Waals surface area contributed by atoms with Crippen molar-refractivity contribution in [2.75, 3.05) is 39.3 Å². The van der Waals surface area contributed by atoms with Gasteiger partial charge in [0.05, 0.1) is 0 Å². The molecule has 134 valence electrons. The van der Waals surface area contributed by atoms with Crippen molar-refractivity contribution in [3.8, 4) is 0 Å². The van der Waals surface area contributed by atoms with E-state index in [0.29, 0.717) is 18.8 Å². The molecule has 1 saturated heterocycles. The number of carbonyl (C=O) groups excluding carboxylic acids is 1. The van der Waals surface area contributed by atoms with E-state index in [2.05, 4.69) is 50.4 Å². The van der Waals surface area contributed by atoms with Crippen molar-refractivity contribution in [3.63, 3.8) is 0 Å². The quantitative estimate of drug-likeness (QED) is 0.776. The van der Waals surface area contributed by atoms with Crippen molar-refractivity contribution < 1.29 is 4.79 Å². The Balaban J connectivity index is 1.34. The predicted octanol–water partition coefficient (Wildman–Crippen LogP) is 1.15. The van der Waals surface area contributed by atoms with Crippen molar-refractivity contribution in [1.82, 2.24) is 20.1 Å². The Labute approximate surface area is 152 Å². The lowest BCUT2D eigenvalue weighted by Crippen LogP contribution is -2.48. The molecule has 0 radical (unpaired) electrons. The standard InChI is InChI=1S/C18H25N5OS/c19-12-17-21-16(14-25-17)18(24)20-6-7-22-8-10-23(11-9-22)13-15-4-2-1-3-5-15/h1-5,14H,6-13,19H2,(H,20,24). The molecule has 2 heterocycles. The topological polar surface area (TPSA) is 74.5 Å². The smallest absolute Gasteiger partial charge is 0.270 e. The van der Waals surface area contributed by atoms with Gasteiger partial charge in [0.1, 0.15) is 10.7 Å². The molecule has 0 atom stereocenters. The van der Waals surface area contributed by atoms with Gasteiger partial charge < -0.3 is 11.1 Å². The highest BCUT2D eigenvalue weighted by molar-refractivity contribution is 7.09. The van der Waals surface area contributed by atoms with Gasteiger partial charge in [0.15, 0.2) is 0 Å². The number of amides is 1. The van der Waals surface area contributed by atoms with E-state index >= 15 is 0 Å². The number of hydrogen-bond donors (Lipinski definition) is 2. The van der Waals surface area contributed by atoms with E-state index in [1.807, 2.05) is 0 Å². The molecular formula is C18H25N5OS. The second kappa shape index (κ2) is 9.05. The minimum Gasteiger partial charge on any atom is -0.349 e. The molecule has 0 unspecified atom stereocenters. The number of hydrogen-bond acceptors (Lipinski definition) is 6. The maximum absolute atomic E-state index is 12.0. The van der Waals surface area contributed by atoms with Gasteiger partial charge in [-0.1, -0.05) is 30.3 Å². The van der Waals surface area contributed by atoms with Gasteiger partial charge in [0.2, 0.25) is 0 Å². The molecule has 25 heavy (non-hydrogen) atoms. The van der Waals surface area contributed by atoms with Gasteiger partial charge >= 0.3 is 0 Å². The molecule has 1 aliphatic heterocycles. The first-order chi connectivity index (χ1) is 12.2. The molecule has 1 aromatic heterocycles. The van der Waals surface area contributed by atoms with Crippen LogP contribution in [0.4, 0.5) is 0 Å². The van der Waals surface area contributed by atoms with Crippen LogP contribution in [-0.2, 0) is 13.1 Å². The summed E-state index contributed by atoms with van der Waals surface area (Å²) in [6.07, 6.45) is 0. The first kappa shape index (κ1) is 18.0. The Morgan fingerprint density at radius 1 is 1.16 bits per heavy atom. The Bertz CT molecular complexity index is 667. The summed E-state index contributed by atoms with van der Waals surface area (Å²) >= 11 is 1.43. The fourth-order valence-electron chi connectivity index (χ4n) is 2.94. The van der Waals surface area contributed by atoms with Crippen LogP contribution in [0.5, 0.6) is 0 Å². The fourth-order valence-corrected chi connectivity index (χ4v) is 3.59. The summed E-state index contributed by atoms with van der Waals surface area (Å²) in [5.74, 6) is -0.112. The third-order valence-corrected chi connectivity index (χ3v) is 5.26. The van der Waals surface area contributed by atoms with Crippen molar-refractivity contribution in [1.29, 1.82) is 0 Å². The highest BCUT2D eigenvalue weighted by Gasteiger charge is 2.17. The van der Waals surface area contributed by atoms with Crippen molar-refractivity contribution in [2.45, 2.75) is 13.1 Å². The average Bonchev–Trinajstić information content (AvgIpc) is 3.13. The van der Waals surface area contributed by atoms with Crippen LogP contribution in [0.2, 0.25) is 0 Å². The van der Waals surface area contributed by atoms with Crippen molar-refractivity contribution in [3.05, 3.63) is 52.0 Å². The van der Waals surface area contributed by atoms with E-state index < -0.39 is 0 Å². The maximum Gasteiger partial charge on any atom is 0.270 e. The van der Waals surface area contributed by atoms with Gasteiger partial charge in [-0.3, -0.25) is 14.6 Å². The lowest BCUT2D eigenvalue weighted by molar-refractivity contribution is 0.0930. The largest absolute Gasteiger partial charge is 0.349 e. The monoisotopic (exact) mass is 359 g/mol. The molecule has 0 aliphatic carbocycles. The molecule has 2 aromatic rings. The van der Waals surface area contributed by atoms with Crippen LogP contribution in [-0.4, -0.2) is 60.0 Å². The van der Waals surface area contributed by atoms with E-state index in [9.17, 15) is 4.79 Å². The Hall–Kier alpha value is -1.80. The number of nitrogens with one attached hydrogen (secondary N) is 1. The second-order valence-electron chi connectivity index (χ2n) is 6.19. The minimum atomic E-state index is -0.112. The zero-order valence-corrected chi connectivity index (χ0v) is 15.2. The van der Waals surface area contributed by atoms with Crippen LogP contribution in [0, 0.1) is 0 Å². The van der Waals surface area contributed by atoms with E-state index in [0.717, 1.165) is 44.3 Å². The highest BCUT2D eigenvalue weighted by Crippen LogP contribution is 2.09. The number of aromatic nitrogens is 1. The second-order valence-corrected chi connectivity index (χ2v) is 7.13. The van der Waals surface area contributed by atoms with E-state index in [4.69, 9.17) is 5.73 Å². The third-order valence-electron chi connectivity index (χ3n) is 4.39. The van der Waals surface area contributed by atoms with E-state index in [-0.39, 0.29) is 5.91 Å². The zero-order valence-electron chi connectivity index (χ0n) is 14.4. The molecule has 1 aliphatic rings. The number of carbonyl (C=O) groups is 1. The SMILES string of the molecule is NCc1nc(C(=O)NCCN2CCN(Cc3ccccc3)CC2)cs1. The number of nitrogens with zero attached hydrogens (tertiary/aromatic N) is 3. The Kier molecular flexibility index (Phi) is 6.52. The highest BCUT2D eigenvalue weighted by atomic mass is 32.1. The Morgan fingerprint density at radius 2 is 1.88 bits per heavy atom. The Morgan fingerprint density at radius 3 is 2.56 bits per heavy atom. The summed E-state index contributed by atoms with van der Waals surface area (Å²) in [7, 11) is 0. The first-order valence-corrected chi connectivity index (χ1v) is 9.54. The fraction of sp³-hybridized carbons (Fsp3) is 0.444. The number of nitrogens with two attached hydrogens (primary N) is 1. The van der Waals surface area contributed by atoms with Crippen LogP contribution in [0.15, 0.2) is 35.7 Å². The molecule has 1 fully saturated rings. The van der Waals surface area contributed by atoms with Gasteiger partial charge in [-0.15, -0.1) is 11.3 Å². The summed E-state index contributed by atoms with van der Waals surface area (Å²) < 4.78 is 0. The molecule has 6 nitrogen and oxygen atoms in total. The number of benzene rings is 1. The molecule has 0 spiro atoms. The summed E-state index contributed by atoms with van der Waals surface area (Å²) in [5, 5.41) is 5.50. The van der Waals surface area contributed by atoms with Crippen molar-refractivity contribution in [2.24, 2.45) is 5.73 Å². The normalized spacial score (nSPS) is 16.0. The van der Waals surface area contributed by atoms with Gasteiger partial charge in [-0.2, -0.15) is 0 Å². The molecule has 1 aromatic carbocycles. The maximum atomic E-state index is 12.0. The zero-order chi connectivity index (χ0) is 17.5. The van der Waals surface area contributed by atoms with Crippen LogP contribution in [0.3, 0.4) is 0 Å². The number of thiazole rings is 1. The van der Waals surface area contributed by atoms with E-state index in [1.165, 1.54) is 16.9 Å². The van der Waals surface area contributed by atoms with Gasteiger partial charge in [0.25, 0.3) is 5.91 Å². The summed E-state index contributed by atoms with van der Waals surface area (Å²) in [4.78, 5) is 21.1. The third kappa shape index (κ3) is 5.34. The van der Waals surface area contributed by atoms with Crippen LogP contribution >= 0.6 is 11.3 Å². The molecule has 0 bridgehead atoms. The predicted molar refractivity (Wildman–Crippen MR) is 100 cm³/mol. The molecule has 3 rings (SSSR count). The molecule has 3 N–H and O–H groups in total. The lowest BCUT2D eigenvalue weighted by Gasteiger charge is -2.34. The molecule has 1 amide bonds. The van der Waals surface area contributed by atoms with Gasteiger partial charge in [0, 0.05) is 57.7 Å². The van der Waals surface area contributed by atoms with E-state index in [1.54, 1.807) is 5.38 Å². The molecule has 7 heteroatoms. The molecular weight excluding hydrogens is 334 g/mol. The summed E-state index contributed by atoms with van der Waals surface area (Å²) in [6.45, 7) is 7.12. The number of piperazine rings is 1. The first-order valence-electron chi connectivity index (χ1n) is 8.66. The lowest BCUT2D eigenvalue weighted by atomic mass is 10.2. The summed E-state index contributed by atoms with van der Waals surface area (Å²) in [6, 6.07) is 10.6. The molecule has 0 saturated carbocycles. The van der Waals surface area contributed by atoms with Crippen LogP contribution in [0.1, 0.15) is 21.1 Å². The summed E-state index contributed by atoms with van der Waals surface area (Å²) in [5.41, 5.74) is 7.36. The van der Waals surface area contributed by atoms with Crippen LogP contribution < -0.4 is 11.1 Å². The van der Waals surface area contributed by atoms with Gasteiger partial charge in [-0.25, -0.2) is 4.98 Å². The van der Waals surface area contributed by atoms with Gasteiger partial charge in [-0.05, 0) is 5.56 Å².